The number of nitrogens with zero attached hydrogens (tertiary/aromatic N) is 2. The van der Waals surface area contributed by atoms with Gasteiger partial charge in [0.25, 0.3) is 5.91 Å². The van der Waals surface area contributed by atoms with Gasteiger partial charge in [-0.25, -0.2) is 4.39 Å². The first-order valence-corrected chi connectivity index (χ1v) is 10.0. The van der Waals surface area contributed by atoms with Crippen LogP contribution in [-0.4, -0.2) is 47.2 Å². The van der Waals surface area contributed by atoms with Gasteiger partial charge < -0.3 is 15.5 Å². The number of piperidine rings is 1. The first-order chi connectivity index (χ1) is 14.5. The van der Waals surface area contributed by atoms with Crippen LogP contribution >= 0.6 is 0 Å². The van der Waals surface area contributed by atoms with Crippen molar-refractivity contribution >= 4 is 17.7 Å². The summed E-state index contributed by atoms with van der Waals surface area (Å²) in [7, 11) is 0. The first kappa shape index (κ1) is 21.4. The lowest BCUT2D eigenvalue weighted by Gasteiger charge is -2.31. The molecule has 2 aromatic rings. The van der Waals surface area contributed by atoms with E-state index in [1.165, 1.54) is 24.3 Å². The molecule has 0 spiro atoms. The summed E-state index contributed by atoms with van der Waals surface area (Å²) in [5.41, 5.74) is 1.40. The van der Waals surface area contributed by atoms with E-state index in [1.807, 2.05) is 12.1 Å². The Balaban J connectivity index is 1.34. The van der Waals surface area contributed by atoms with E-state index in [2.05, 4.69) is 15.6 Å². The first-order valence-electron chi connectivity index (χ1n) is 10.0. The molecule has 0 radical (unpaired) electrons. The van der Waals surface area contributed by atoms with Crippen LogP contribution < -0.4 is 10.6 Å². The highest BCUT2D eigenvalue weighted by Gasteiger charge is 2.27. The second-order valence-corrected chi connectivity index (χ2v) is 7.25. The number of likely N-dealkylation sites (tertiary alicyclic amines) is 1. The van der Waals surface area contributed by atoms with E-state index in [0.717, 1.165) is 5.56 Å². The lowest BCUT2D eigenvalue weighted by molar-refractivity contribution is -0.126. The zero-order valence-electron chi connectivity index (χ0n) is 16.6. The molecule has 1 aromatic carbocycles. The molecular formula is C22H25FN4O3. The minimum atomic E-state index is -0.382. The van der Waals surface area contributed by atoms with E-state index < -0.39 is 0 Å². The van der Waals surface area contributed by atoms with Crippen molar-refractivity contribution in [2.45, 2.75) is 25.8 Å². The standard InChI is InChI=1S/C22H25FN4O3/c23-19-3-1-18(2-4-19)22(30)27-13-8-17(9-14-27)21(29)25-12-7-20(28)26-15-16-5-10-24-11-6-16/h1-6,10-11,17H,7-9,12-15H2,(H,25,29)(H,26,28). The predicted molar refractivity (Wildman–Crippen MR) is 109 cm³/mol. The molecule has 1 aliphatic rings. The molecule has 0 bridgehead atoms. The summed E-state index contributed by atoms with van der Waals surface area (Å²) < 4.78 is 13.0. The van der Waals surface area contributed by atoms with Crippen LogP contribution in [0.4, 0.5) is 4.39 Å². The third-order valence-electron chi connectivity index (χ3n) is 5.13. The highest BCUT2D eigenvalue weighted by atomic mass is 19.1. The average molecular weight is 412 g/mol. The molecule has 0 saturated carbocycles. The molecule has 0 aliphatic carbocycles. The Morgan fingerprint density at radius 1 is 1.00 bits per heavy atom. The lowest BCUT2D eigenvalue weighted by Crippen LogP contribution is -2.43. The number of amides is 3. The molecule has 3 rings (SSSR count). The van der Waals surface area contributed by atoms with Gasteiger partial charge in [-0.1, -0.05) is 0 Å². The zero-order chi connectivity index (χ0) is 21.3. The van der Waals surface area contributed by atoms with E-state index in [0.29, 0.717) is 38.0 Å². The molecule has 0 unspecified atom stereocenters. The number of carbonyl (C=O) groups is 3. The van der Waals surface area contributed by atoms with Crippen molar-refractivity contribution < 1.29 is 18.8 Å². The summed E-state index contributed by atoms with van der Waals surface area (Å²) in [6, 6.07) is 9.12. The monoisotopic (exact) mass is 412 g/mol. The van der Waals surface area contributed by atoms with Crippen molar-refractivity contribution in [2.75, 3.05) is 19.6 Å². The maximum Gasteiger partial charge on any atom is 0.253 e. The lowest BCUT2D eigenvalue weighted by atomic mass is 9.95. The van der Waals surface area contributed by atoms with Crippen molar-refractivity contribution in [3.8, 4) is 0 Å². The van der Waals surface area contributed by atoms with E-state index >= 15 is 0 Å². The van der Waals surface area contributed by atoms with E-state index in [9.17, 15) is 18.8 Å². The van der Waals surface area contributed by atoms with Crippen LogP contribution in [-0.2, 0) is 16.1 Å². The second-order valence-electron chi connectivity index (χ2n) is 7.25. The topological polar surface area (TPSA) is 91.4 Å². The van der Waals surface area contributed by atoms with Gasteiger partial charge in [-0.05, 0) is 54.8 Å². The van der Waals surface area contributed by atoms with E-state index in [-0.39, 0.29) is 42.4 Å². The number of nitrogens with one attached hydrogen (secondary N) is 2. The van der Waals surface area contributed by atoms with Gasteiger partial charge in [-0.3, -0.25) is 19.4 Å². The summed E-state index contributed by atoms with van der Waals surface area (Å²) in [5, 5.41) is 5.61. The van der Waals surface area contributed by atoms with Crippen molar-refractivity contribution in [2.24, 2.45) is 5.92 Å². The quantitative estimate of drug-likeness (QED) is 0.727. The largest absolute Gasteiger partial charge is 0.355 e. The Hall–Kier alpha value is -3.29. The molecule has 8 heteroatoms. The third-order valence-corrected chi connectivity index (χ3v) is 5.13. The highest BCUT2D eigenvalue weighted by Crippen LogP contribution is 2.19. The Labute approximate surface area is 174 Å². The number of carbonyl (C=O) groups excluding carboxylic acids is 3. The van der Waals surface area contributed by atoms with Gasteiger partial charge in [0.05, 0.1) is 0 Å². The molecular weight excluding hydrogens is 387 g/mol. The number of hydrogen-bond acceptors (Lipinski definition) is 4. The van der Waals surface area contributed by atoms with Crippen LogP contribution in [0.5, 0.6) is 0 Å². The zero-order valence-corrected chi connectivity index (χ0v) is 16.6. The fourth-order valence-electron chi connectivity index (χ4n) is 3.35. The molecule has 158 valence electrons. The Kier molecular flexibility index (Phi) is 7.48. The van der Waals surface area contributed by atoms with Crippen LogP contribution in [0.25, 0.3) is 0 Å². The van der Waals surface area contributed by atoms with E-state index in [1.54, 1.807) is 17.3 Å². The van der Waals surface area contributed by atoms with Gasteiger partial charge in [0, 0.05) is 56.5 Å². The fourth-order valence-corrected chi connectivity index (χ4v) is 3.35. The number of rotatable bonds is 7. The molecule has 30 heavy (non-hydrogen) atoms. The third kappa shape index (κ3) is 6.10. The van der Waals surface area contributed by atoms with Crippen molar-refractivity contribution in [3.05, 3.63) is 65.7 Å². The molecule has 1 aromatic heterocycles. The molecule has 7 nitrogen and oxygen atoms in total. The molecule has 1 fully saturated rings. The Bertz CT molecular complexity index is 866. The van der Waals surface area contributed by atoms with Crippen molar-refractivity contribution in [1.82, 2.24) is 20.5 Å². The van der Waals surface area contributed by atoms with Crippen LogP contribution in [0.2, 0.25) is 0 Å². The molecule has 1 aliphatic heterocycles. The smallest absolute Gasteiger partial charge is 0.253 e. The fraction of sp³-hybridized carbons (Fsp3) is 0.364. The Morgan fingerprint density at radius 2 is 1.67 bits per heavy atom. The number of aromatic nitrogens is 1. The summed E-state index contributed by atoms with van der Waals surface area (Å²) >= 11 is 0. The van der Waals surface area contributed by atoms with Gasteiger partial charge in [-0.15, -0.1) is 0 Å². The number of hydrogen-bond donors (Lipinski definition) is 2. The van der Waals surface area contributed by atoms with E-state index in [4.69, 9.17) is 0 Å². The summed E-state index contributed by atoms with van der Waals surface area (Å²) in [5.74, 6) is -0.938. The van der Waals surface area contributed by atoms with Crippen LogP contribution in [0.15, 0.2) is 48.8 Å². The predicted octanol–water partition coefficient (Wildman–Crippen LogP) is 1.90. The summed E-state index contributed by atoms with van der Waals surface area (Å²) in [6.45, 7) is 1.65. The van der Waals surface area contributed by atoms with Gasteiger partial charge in [0.1, 0.15) is 5.82 Å². The molecule has 1 saturated heterocycles. The maximum atomic E-state index is 13.0. The maximum absolute atomic E-state index is 13.0. The molecule has 2 N–H and O–H groups in total. The van der Waals surface area contributed by atoms with Gasteiger partial charge in [0.2, 0.25) is 11.8 Å². The minimum absolute atomic E-state index is 0.0918. The Morgan fingerprint density at radius 3 is 2.33 bits per heavy atom. The highest BCUT2D eigenvalue weighted by molar-refractivity contribution is 5.94. The normalized spacial score (nSPS) is 14.2. The average Bonchev–Trinajstić information content (AvgIpc) is 2.78. The van der Waals surface area contributed by atoms with Crippen LogP contribution in [0, 0.1) is 11.7 Å². The van der Waals surface area contributed by atoms with Gasteiger partial charge in [-0.2, -0.15) is 0 Å². The molecule has 0 atom stereocenters. The van der Waals surface area contributed by atoms with Crippen LogP contribution in [0.1, 0.15) is 35.2 Å². The SMILES string of the molecule is O=C(CCNC(=O)C1CCN(C(=O)c2ccc(F)cc2)CC1)NCc1ccncc1. The van der Waals surface area contributed by atoms with Crippen LogP contribution in [0.3, 0.4) is 0 Å². The van der Waals surface area contributed by atoms with Crippen molar-refractivity contribution in [1.29, 1.82) is 0 Å². The van der Waals surface area contributed by atoms with Crippen molar-refractivity contribution in [3.63, 3.8) is 0 Å². The second kappa shape index (κ2) is 10.5. The minimum Gasteiger partial charge on any atom is -0.355 e. The summed E-state index contributed by atoms with van der Waals surface area (Å²) in [6.07, 6.45) is 4.67. The number of benzene rings is 1. The van der Waals surface area contributed by atoms with Gasteiger partial charge in [0.15, 0.2) is 0 Å². The molecule has 2 heterocycles. The number of halogens is 1. The summed E-state index contributed by atoms with van der Waals surface area (Å²) in [4.78, 5) is 42.3. The molecule has 3 amide bonds. The number of pyridine rings is 1. The van der Waals surface area contributed by atoms with Gasteiger partial charge >= 0.3 is 0 Å².